The Bertz CT molecular complexity index is 414. The van der Waals surface area contributed by atoms with Crippen molar-refractivity contribution in [3.63, 3.8) is 0 Å². The molecule has 0 saturated carbocycles. The van der Waals surface area contributed by atoms with Crippen molar-refractivity contribution in [2.24, 2.45) is 0 Å². The number of carbonyl (C=O) groups is 1. The molecular formula is C20H32OS. The average molecular weight is 321 g/mol. The van der Waals surface area contributed by atoms with Crippen molar-refractivity contribution in [3.05, 3.63) is 35.4 Å². The van der Waals surface area contributed by atoms with E-state index in [0.29, 0.717) is 0 Å². The Morgan fingerprint density at radius 2 is 1.41 bits per heavy atom. The van der Waals surface area contributed by atoms with Crippen LogP contribution in [-0.4, -0.2) is 10.9 Å². The van der Waals surface area contributed by atoms with Crippen LogP contribution >= 0.6 is 11.8 Å². The average Bonchev–Trinajstić information content (AvgIpc) is 2.53. The largest absolute Gasteiger partial charge is 0.282 e. The van der Waals surface area contributed by atoms with Crippen molar-refractivity contribution in [2.75, 3.05) is 5.75 Å². The molecule has 0 aliphatic heterocycles. The molecule has 22 heavy (non-hydrogen) atoms. The molecule has 0 spiro atoms. The summed E-state index contributed by atoms with van der Waals surface area (Å²) in [7, 11) is 0. The lowest BCUT2D eigenvalue weighted by atomic mass is 10.1. The van der Waals surface area contributed by atoms with Crippen LogP contribution in [0.5, 0.6) is 0 Å². The molecule has 0 aliphatic carbocycles. The summed E-state index contributed by atoms with van der Waals surface area (Å²) in [5.74, 6) is 0.962. The minimum absolute atomic E-state index is 0.231. The van der Waals surface area contributed by atoms with E-state index >= 15 is 0 Å². The van der Waals surface area contributed by atoms with Crippen LogP contribution in [-0.2, 0) is 0 Å². The fourth-order valence-corrected chi connectivity index (χ4v) is 3.55. The summed E-state index contributed by atoms with van der Waals surface area (Å²) < 4.78 is 0. The van der Waals surface area contributed by atoms with Gasteiger partial charge in [-0.25, -0.2) is 0 Å². The van der Waals surface area contributed by atoms with Crippen LogP contribution in [0.1, 0.15) is 87.1 Å². The normalized spacial score (nSPS) is 10.8. The van der Waals surface area contributed by atoms with Crippen molar-refractivity contribution in [3.8, 4) is 0 Å². The van der Waals surface area contributed by atoms with E-state index in [0.717, 1.165) is 23.3 Å². The molecule has 124 valence electrons. The predicted molar refractivity (Wildman–Crippen MR) is 99.8 cm³/mol. The highest BCUT2D eigenvalue weighted by atomic mass is 32.2. The number of carbonyl (C=O) groups excluding carboxylic acids is 1. The van der Waals surface area contributed by atoms with Gasteiger partial charge in [-0.1, -0.05) is 101 Å². The second-order valence-electron chi connectivity index (χ2n) is 6.13. The molecule has 0 aliphatic rings. The Labute approximate surface area is 141 Å². The van der Waals surface area contributed by atoms with Gasteiger partial charge in [0.1, 0.15) is 0 Å². The van der Waals surface area contributed by atoms with E-state index in [1.807, 2.05) is 31.2 Å². The van der Waals surface area contributed by atoms with Gasteiger partial charge >= 0.3 is 0 Å². The van der Waals surface area contributed by atoms with Crippen molar-refractivity contribution in [1.29, 1.82) is 0 Å². The van der Waals surface area contributed by atoms with E-state index in [9.17, 15) is 4.79 Å². The number of aryl methyl sites for hydroxylation is 1. The maximum atomic E-state index is 12.1. The Hall–Kier alpha value is -0.760. The van der Waals surface area contributed by atoms with E-state index < -0.39 is 0 Å². The number of unbranched alkanes of at least 4 members (excludes halogenated alkanes) is 9. The first-order chi connectivity index (χ1) is 10.8. The summed E-state index contributed by atoms with van der Waals surface area (Å²) in [6, 6.07) is 7.87. The summed E-state index contributed by atoms with van der Waals surface area (Å²) >= 11 is 1.48. The predicted octanol–water partition coefficient (Wildman–Crippen LogP) is 6.79. The lowest BCUT2D eigenvalue weighted by Crippen LogP contribution is -1.97. The summed E-state index contributed by atoms with van der Waals surface area (Å²) in [5, 5.41) is 0.231. The first-order valence-corrected chi connectivity index (χ1v) is 9.97. The highest BCUT2D eigenvalue weighted by molar-refractivity contribution is 8.14. The SMILES string of the molecule is CCCCCCCCCCCCSC(=O)c1ccccc1C. The zero-order chi connectivity index (χ0) is 16.0. The fourth-order valence-electron chi connectivity index (χ4n) is 2.63. The molecule has 1 aromatic carbocycles. The molecule has 1 nitrogen and oxygen atoms in total. The van der Waals surface area contributed by atoms with Crippen LogP contribution in [0.4, 0.5) is 0 Å². The second-order valence-corrected chi connectivity index (χ2v) is 7.20. The van der Waals surface area contributed by atoms with E-state index in [1.165, 1.54) is 69.5 Å². The van der Waals surface area contributed by atoms with Gasteiger partial charge in [0.05, 0.1) is 0 Å². The molecule has 1 rings (SSSR count). The van der Waals surface area contributed by atoms with Gasteiger partial charge in [-0.15, -0.1) is 0 Å². The van der Waals surface area contributed by atoms with E-state index in [2.05, 4.69) is 6.92 Å². The van der Waals surface area contributed by atoms with Crippen LogP contribution in [0.15, 0.2) is 24.3 Å². The van der Waals surface area contributed by atoms with Gasteiger partial charge in [-0.2, -0.15) is 0 Å². The number of hydrogen-bond donors (Lipinski definition) is 0. The molecule has 0 heterocycles. The zero-order valence-electron chi connectivity index (χ0n) is 14.4. The summed E-state index contributed by atoms with van der Waals surface area (Å²) in [6.45, 7) is 4.27. The maximum Gasteiger partial charge on any atom is 0.219 e. The molecule has 0 aromatic heterocycles. The van der Waals surface area contributed by atoms with E-state index in [-0.39, 0.29) is 5.12 Å². The molecular weight excluding hydrogens is 288 g/mol. The van der Waals surface area contributed by atoms with Gasteiger partial charge in [0, 0.05) is 11.3 Å². The third kappa shape index (κ3) is 8.63. The van der Waals surface area contributed by atoms with Crippen molar-refractivity contribution in [2.45, 2.75) is 78.1 Å². The third-order valence-electron chi connectivity index (χ3n) is 4.10. The van der Waals surface area contributed by atoms with Crippen LogP contribution in [0.25, 0.3) is 0 Å². The second kappa shape index (κ2) is 12.8. The molecule has 1 aromatic rings. The smallest absolute Gasteiger partial charge is 0.219 e. The molecule has 0 radical (unpaired) electrons. The lowest BCUT2D eigenvalue weighted by Gasteiger charge is -2.04. The van der Waals surface area contributed by atoms with Gasteiger partial charge in [0.15, 0.2) is 0 Å². The van der Waals surface area contributed by atoms with Crippen molar-refractivity contribution in [1.82, 2.24) is 0 Å². The number of hydrogen-bond acceptors (Lipinski definition) is 2. The van der Waals surface area contributed by atoms with Crippen molar-refractivity contribution >= 4 is 16.9 Å². The van der Waals surface area contributed by atoms with Crippen molar-refractivity contribution < 1.29 is 4.79 Å². The standard InChI is InChI=1S/C20H32OS/c1-3-4-5-6-7-8-9-10-11-14-17-22-20(21)19-16-13-12-15-18(19)2/h12-13,15-16H,3-11,14,17H2,1-2H3. The molecule has 0 saturated heterocycles. The molecule has 0 bridgehead atoms. The zero-order valence-corrected chi connectivity index (χ0v) is 15.2. The topological polar surface area (TPSA) is 17.1 Å². The summed E-state index contributed by atoms with van der Waals surface area (Å²) in [4.78, 5) is 12.1. The first-order valence-electron chi connectivity index (χ1n) is 8.98. The van der Waals surface area contributed by atoms with Gasteiger partial charge in [-0.3, -0.25) is 4.79 Å². The number of benzene rings is 1. The Morgan fingerprint density at radius 3 is 2.00 bits per heavy atom. The van der Waals surface area contributed by atoms with Crippen LogP contribution < -0.4 is 0 Å². The van der Waals surface area contributed by atoms with Gasteiger partial charge in [-0.05, 0) is 18.9 Å². The van der Waals surface area contributed by atoms with Gasteiger partial charge in [0.25, 0.3) is 0 Å². The first kappa shape index (κ1) is 19.3. The molecule has 0 fully saturated rings. The van der Waals surface area contributed by atoms with Gasteiger partial charge in [0.2, 0.25) is 5.12 Å². The van der Waals surface area contributed by atoms with Crippen LogP contribution in [0.3, 0.4) is 0 Å². The molecule has 0 atom stereocenters. The Kier molecular flexibility index (Phi) is 11.2. The highest BCUT2D eigenvalue weighted by Gasteiger charge is 2.08. The van der Waals surface area contributed by atoms with Gasteiger partial charge < -0.3 is 0 Å². The van der Waals surface area contributed by atoms with E-state index in [1.54, 1.807) is 0 Å². The third-order valence-corrected chi connectivity index (χ3v) is 5.07. The fraction of sp³-hybridized carbons (Fsp3) is 0.650. The summed E-state index contributed by atoms with van der Waals surface area (Å²) in [5.41, 5.74) is 1.96. The number of thioether (sulfide) groups is 1. The Morgan fingerprint density at radius 1 is 0.864 bits per heavy atom. The summed E-state index contributed by atoms with van der Waals surface area (Å²) in [6.07, 6.45) is 13.5. The number of rotatable bonds is 12. The molecule has 0 unspecified atom stereocenters. The monoisotopic (exact) mass is 320 g/mol. The lowest BCUT2D eigenvalue weighted by molar-refractivity contribution is 0.108. The molecule has 0 N–H and O–H groups in total. The van der Waals surface area contributed by atoms with E-state index in [4.69, 9.17) is 0 Å². The minimum atomic E-state index is 0.231. The Balaban J connectivity index is 1.95. The van der Waals surface area contributed by atoms with Crippen LogP contribution in [0, 0.1) is 6.92 Å². The molecule has 0 amide bonds. The maximum absolute atomic E-state index is 12.1. The molecule has 2 heteroatoms. The van der Waals surface area contributed by atoms with Crippen LogP contribution in [0.2, 0.25) is 0 Å². The highest BCUT2D eigenvalue weighted by Crippen LogP contribution is 2.18. The minimum Gasteiger partial charge on any atom is -0.282 e. The quantitative estimate of drug-likeness (QED) is 0.394.